The summed E-state index contributed by atoms with van der Waals surface area (Å²) >= 11 is 0. The number of nitro groups is 1. The monoisotopic (exact) mass is 300 g/mol. The van der Waals surface area contributed by atoms with Crippen LogP contribution < -0.4 is 5.73 Å². The molecule has 0 saturated carbocycles. The molecule has 1 aromatic rings. The topological polar surface area (TPSA) is 110 Å². The third kappa shape index (κ3) is 2.74. The average Bonchev–Trinajstić information content (AvgIpc) is 2.38. The first-order valence-electron chi connectivity index (χ1n) is 6.05. The lowest BCUT2D eigenvalue weighted by Gasteiger charge is -2.31. The molecule has 2 N–H and O–H groups in total. The maximum atomic E-state index is 12.4. The standard InChI is InChI=1S/C11H16N4O4S/c1-13-4-6-14(7-5-13)20(18,19)9-2-3-11(15(16)17)10(12)8-9/h2-3,8H,4-7,12H2,1H3. The number of nitrogen functional groups attached to an aromatic ring is 1. The molecule has 1 aliphatic heterocycles. The minimum atomic E-state index is -3.65. The number of nitro benzene ring substituents is 1. The summed E-state index contributed by atoms with van der Waals surface area (Å²) < 4.78 is 26.2. The number of hydrogen-bond donors (Lipinski definition) is 1. The largest absolute Gasteiger partial charge is 0.393 e. The van der Waals surface area contributed by atoms with Crippen LogP contribution in [0, 0.1) is 10.1 Å². The van der Waals surface area contributed by atoms with Gasteiger partial charge in [-0.05, 0) is 19.2 Å². The van der Waals surface area contributed by atoms with Crippen molar-refractivity contribution in [3.05, 3.63) is 28.3 Å². The number of piperazine rings is 1. The molecule has 0 bridgehead atoms. The van der Waals surface area contributed by atoms with Gasteiger partial charge in [-0.1, -0.05) is 0 Å². The van der Waals surface area contributed by atoms with E-state index in [-0.39, 0.29) is 16.3 Å². The Morgan fingerprint density at radius 3 is 2.35 bits per heavy atom. The van der Waals surface area contributed by atoms with Crippen molar-refractivity contribution in [2.45, 2.75) is 4.90 Å². The summed E-state index contributed by atoms with van der Waals surface area (Å²) in [7, 11) is -1.72. The van der Waals surface area contributed by atoms with Gasteiger partial charge in [0.1, 0.15) is 5.69 Å². The van der Waals surface area contributed by atoms with Gasteiger partial charge in [-0.2, -0.15) is 4.31 Å². The van der Waals surface area contributed by atoms with E-state index in [0.29, 0.717) is 26.2 Å². The molecule has 0 unspecified atom stereocenters. The van der Waals surface area contributed by atoms with E-state index in [9.17, 15) is 18.5 Å². The molecule has 0 aromatic heterocycles. The Kier molecular flexibility index (Phi) is 3.93. The van der Waals surface area contributed by atoms with Crippen molar-refractivity contribution in [2.75, 3.05) is 39.0 Å². The zero-order valence-corrected chi connectivity index (χ0v) is 11.8. The number of nitrogens with zero attached hydrogens (tertiary/aromatic N) is 3. The Bertz CT molecular complexity index is 623. The van der Waals surface area contributed by atoms with Crippen molar-refractivity contribution in [3.8, 4) is 0 Å². The summed E-state index contributed by atoms with van der Waals surface area (Å²) in [5.74, 6) is 0. The molecule has 110 valence electrons. The van der Waals surface area contributed by atoms with Gasteiger partial charge in [0.2, 0.25) is 10.0 Å². The van der Waals surface area contributed by atoms with E-state index in [1.807, 2.05) is 11.9 Å². The van der Waals surface area contributed by atoms with Crippen LogP contribution in [-0.4, -0.2) is 55.8 Å². The van der Waals surface area contributed by atoms with Gasteiger partial charge in [0.15, 0.2) is 0 Å². The normalized spacial score (nSPS) is 18.1. The summed E-state index contributed by atoms with van der Waals surface area (Å²) in [6.07, 6.45) is 0. The van der Waals surface area contributed by atoms with E-state index in [1.54, 1.807) is 0 Å². The van der Waals surface area contributed by atoms with Gasteiger partial charge in [0, 0.05) is 32.2 Å². The lowest BCUT2D eigenvalue weighted by molar-refractivity contribution is -0.383. The molecule has 0 radical (unpaired) electrons. The van der Waals surface area contributed by atoms with Crippen molar-refractivity contribution in [3.63, 3.8) is 0 Å². The van der Waals surface area contributed by atoms with Crippen molar-refractivity contribution < 1.29 is 13.3 Å². The summed E-state index contributed by atoms with van der Waals surface area (Å²) in [4.78, 5) is 12.1. The minimum absolute atomic E-state index is 0.00912. The molecule has 0 atom stereocenters. The molecule has 1 fully saturated rings. The number of anilines is 1. The molecule has 1 aliphatic rings. The van der Waals surface area contributed by atoms with Crippen LogP contribution in [0.5, 0.6) is 0 Å². The zero-order valence-electron chi connectivity index (χ0n) is 11.0. The average molecular weight is 300 g/mol. The quantitative estimate of drug-likeness (QED) is 0.482. The van der Waals surface area contributed by atoms with E-state index < -0.39 is 14.9 Å². The van der Waals surface area contributed by atoms with Crippen LogP contribution in [0.1, 0.15) is 0 Å². The first-order chi connectivity index (χ1) is 9.32. The fraction of sp³-hybridized carbons (Fsp3) is 0.455. The molecular weight excluding hydrogens is 284 g/mol. The molecule has 1 saturated heterocycles. The van der Waals surface area contributed by atoms with Crippen LogP contribution in [0.4, 0.5) is 11.4 Å². The predicted molar refractivity (Wildman–Crippen MR) is 73.8 cm³/mol. The maximum absolute atomic E-state index is 12.4. The highest BCUT2D eigenvalue weighted by Crippen LogP contribution is 2.26. The van der Waals surface area contributed by atoms with Gasteiger partial charge < -0.3 is 10.6 Å². The highest BCUT2D eigenvalue weighted by atomic mass is 32.2. The van der Waals surface area contributed by atoms with E-state index in [0.717, 1.165) is 12.1 Å². The molecule has 0 aliphatic carbocycles. The predicted octanol–water partition coefficient (Wildman–Crippen LogP) is 0.113. The second-order valence-corrected chi connectivity index (χ2v) is 6.62. The molecule has 20 heavy (non-hydrogen) atoms. The number of likely N-dealkylation sites (N-methyl/N-ethyl adjacent to an activating group) is 1. The molecule has 0 spiro atoms. The van der Waals surface area contributed by atoms with Crippen molar-refractivity contribution >= 4 is 21.4 Å². The van der Waals surface area contributed by atoms with Crippen LogP contribution in [-0.2, 0) is 10.0 Å². The summed E-state index contributed by atoms with van der Waals surface area (Å²) in [6.45, 7) is 2.11. The van der Waals surface area contributed by atoms with E-state index >= 15 is 0 Å². The lowest BCUT2D eigenvalue weighted by Crippen LogP contribution is -2.47. The van der Waals surface area contributed by atoms with Gasteiger partial charge in [0.05, 0.1) is 9.82 Å². The first-order valence-corrected chi connectivity index (χ1v) is 7.49. The molecule has 1 heterocycles. The Balaban J connectivity index is 2.30. The van der Waals surface area contributed by atoms with E-state index in [4.69, 9.17) is 5.73 Å². The fourth-order valence-electron chi connectivity index (χ4n) is 2.04. The summed E-state index contributed by atoms with van der Waals surface area (Å²) in [6, 6.07) is 3.49. The fourth-order valence-corrected chi connectivity index (χ4v) is 3.49. The highest BCUT2D eigenvalue weighted by Gasteiger charge is 2.28. The first kappa shape index (κ1) is 14.7. The number of nitrogens with two attached hydrogens (primary N) is 1. The Hall–Kier alpha value is -1.71. The van der Waals surface area contributed by atoms with Crippen molar-refractivity contribution in [2.24, 2.45) is 0 Å². The number of rotatable bonds is 3. The van der Waals surface area contributed by atoms with Crippen molar-refractivity contribution in [1.82, 2.24) is 9.21 Å². The molecule has 2 rings (SSSR count). The van der Waals surface area contributed by atoms with Gasteiger partial charge >= 0.3 is 0 Å². The molecule has 8 nitrogen and oxygen atoms in total. The number of sulfonamides is 1. The van der Waals surface area contributed by atoms with Crippen LogP contribution >= 0.6 is 0 Å². The smallest absolute Gasteiger partial charge is 0.292 e. The van der Waals surface area contributed by atoms with Crippen LogP contribution in [0.2, 0.25) is 0 Å². The molecular formula is C11H16N4O4S. The van der Waals surface area contributed by atoms with Gasteiger partial charge in [-0.15, -0.1) is 0 Å². The van der Waals surface area contributed by atoms with E-state index in [2.05, 4.69) is 0 Å². The third-order valence-electron chi connectivity index (χ3n) is 3.30. The van der Waals surface area contributed by atoms with Crippen LogP contribution in [0.25, 0.3) is 0 Å². The SMILES string of the molecule is CN1CCN(S(=O)(=O)c2ccc([N+](=O)[O-])c(N)c2)CC1. The van der Waals surface area contributed by atoms with Crippen LogP contribution in [0.3, 0.4) is 0 Å². The minimum Gasteiger partial charge on any atom is -0.393 e. The van der Waals surface area contributed by atoms with Gasteiger partial charge in [-0.3, -0.25) is 10.1 Å². The molecule has 9 heteroatoms. The Morgan fingerprint density at radius 1 is 1.25 bits per heavy atom. The second kappa shape index (κ2) is 5.35. The third-order valence-corrected chi connectivity index (χ3v) is 5.19. The number of hydrogen-bond acceptors (Lipinski definition) is 6. The van der Waals surface area contributed by atoms with Gasteiger partial charge in [0.25, 0.3) is 5.69 Å². The lowest BCUT2D eigenvalue weighted by atomic mass is 10.3. The Morgan fingerprint density at radius 2 is 1.85 bits per heavy atom. The maximum Gasteiger partial charge on any atom is 0.292 e. The second-order valence-electron chi connectivity index (χ2n) is 4.69. The Labute approximate surface area is 117 Å². The summed E-state index contributed by atoms with van der Waals surface area (Å²) in [5.41, 5.74) is 5.10. The van der Waals surface area contributed by atoms with Gasteiger partial charge in [-0.25, -0.2) is 8.42 Å². The summed E-state index contributed by atoms with van der Waals surface area (Å²) in [5, 5.41) is 10.7. The number of benzene rings is 1. The van der Waals surface area contributed by atoms with E-state index in [1.165, 1.54) is 10.4 Å². The van der Waals surface area contributed by atoms with Crippen molar-refractivity contribution in [1.29, 1.82) is 0 Å². The van der Waals surface area contributed by atoms with Crippen LogP contribution in [0.15, 0.2) is 23.1 Å². The zero-order chi connectivity index (χ0) is 14.9. The highest BCUT2D eigenvalue weighted by molar-refractivity contribution is 7.89. The molecule has 0 amide bonds. The molecule has 1 aromatic carbocycles.